The molecule has 0 aliphatic rings. The van der Waals surface area contributed by atoms with Crippen LogP contribution in [0.5, 0.6) is 0 Å². The molecule has 0 aliphatic carbocycles. The molecule has 0 aliphatic heterocycles. The maximum absolute atomic E-state index is 6.15. The summed E-state index contributed by atoms with van der Waals surface area (Å²) in [4.78, 5) is 0. The van der Waals surface area contributed by atoms with Crippen LogP contribution in [0.25, 0.3) is 0 Å². The van der Waals surface area contributed by atoms with Crippen molar-refractivity contribution in [2.24, 2.45) is 7.05 Å². The predicted molar refractivity (Wildman–Crippen MR) is 64.4 cm³/mol. The molecule has 0 aromatic carbocycles. The molecule has 1 unspecified atom stereocenters. The molecule has 0 radical (unpaired) electrons. The maximum atomic E-state index is 6.15. The molecule has 1 aromatic heterocycles. The van der Waals surface area contributed by atoms with Crippen LogP contribution in [0.4, 0.5) is 0 Å². The molecule has 3 nitrogen and oxygen atoms in total. The summed E-state index contributed by atoms with van der Waals surface area (Å²) < 4.78 is 1.74. The zero-order chi connectivity index (χ0) is 11.4. The molecule has 0 spiro atoms. The molecule has 1 rings (SSSR count). The Labute approximate surface area is 96.8 Å². The van der Waals surface area contributed by atoms with Crippen molar-refractivity contribution in [1.29, 1.82) is 0 Å². The third-order valence-corrected chi connectivity index (χ3v) is 3.30. The summed E-state index contributed by atoms with van der Waals surface area (Å²) in [6.07, 6.45) is 3.33. The zero-order valence-electron chi connectivity index (χ0n) is 9.97. The van der Waals surface area contributed by atoms with Crippen molar-refractivity contribution < 1.29 is 0 Å². The maximum Gasteiger partial charge on any atom is 0.130 e. The van der Waals surface area contributed by atoms with E-state index in [0.717, 1.165) is 23.7 Å². The van der Waals surface area contributed by atoms with Gasteiger partial charge in [-0.2, -0.15) is 5.10 Å². The standard InChI is InChI=1S/C11H20ClN3/c1-8(13-3)6-5-7-10-9(2)14-15(4)11(10)12/h8,13H,5-7H2,1-4H3. The number of hydrogen-bond acceptors (Lipinski definition) is 2. The van der Waals surface area contributed by atoms with Crippen LogP contribution in [-0.4, -0.2) is 22.9 Å². The van der Waals surface area contributed by atoms with E-state index in [1.54, 1.807) is 4.68 Å². The monoisotopic (exact) mass is 229 g/mol. The van der Waals surface area contributed by atoms with Gasteiger partial charge in [0, 0.05) is 18.7 Å². The third-order valence-electron chi connectivity index (χ3n) is 2.83. The Morgan fingerprint density at radius 2 is 2.20 bits per heavy atom. The molecule has 1 N–H and O–H groups in total. The molecule has 0 bridgehead atoms. The largest absolute Gasteiger partial charge is 0.317 e. The molecule has 0 saturated carbocycles. The Bertz CT molecular complexity index is 320. The Morgan fingerprint density at radius 1 is 1.53 bits per heavy atom. The van der Waals surface area contributed by atoms with Gasteiger partial charge in [-0.1, -0.05) is 11.6 Å². The van der Waals surface area contributed by atoms with E-state index >= 15 is 0 Å². The normalized spacial score (nSPS) is 13.1. The zero-order valence-corrected chi connectivity index (χ0v) is 10.7. The van der Waals surface area contributed by atoms with Gasteiger partial charge in [0.05, 0.1) is 5.69 Å². The molecule has 1 atom stereocenters. The van der Waals surface area contributed by atoms with E-state index in [9.17, 15) is 0 Å². The lowest BCUT2D eigenvalue weighted by molar-refractivity contribution is 0.541. The molecule has 0 saturated heterocycles. The number of aryl methyl sites for hydroxylation is 2. The highest BCUT2D eigenvalue weighted by Crippen LogP contribution is 2.20. The van der Waals surface area contributed by atoms with Gasteiger partial charge in [-0.25, -0.2) is 0 Å². The molecule has 0 amide bonds. The van der Waals surface area contributed by atoms with Crippen LogP contribution < -0.4 is 5.32 Å². The van der Waals surface area contributed by atoms with Crippen molar-refractivity contribution in [2.75, 3.05) is 7.05 Å². The van der Waals surface area contributed by atoms with E-state index < -0.39 is 0 Å². The number of nitrogens with zero attached hydrogens (tertiary/aromatic N) is 2. The first-order chi connectivity index (χ1) is 7.06. The summed E-state index contributed by atoms with van der Waals surface area (Å²) in [5.41, 5.74) is 2.25. The van der Waals surface area contributed by atoms with Crippen LogP contribution in [0.2, 0.25) is 5.15 Å². The quantitative estimate of drug-likeness (QED) is 0.840. The minimum absolute atomic E-state index is 0.570. The van der Waals surface area contributed by atoms with Crippen LogP contribution >= 0.6 is 11.6 Å². The SMILES string of the molecule is CNC(C)CCCc1c(C)nn(C)c1Cl. The molecule has 15 heavy (non-hydrogen) atoms. The van der Waals surface area contributed by atoms with E-state index in [2.05, 4.69) is 17.3 Å². The van der Waals surface area contributed by atoms with Crippen LogP contribution in [0.15, 0.2) is 0 Å². The second kappa shape index (κ2) is 5.52. The highest BCUT2D eigenvalue weighted by atomic mass is 35.5. The average molecular weight is 230 g/mol. The number of halogens is 1. The van der Waals surface area contributed by atoms with Gasteiger partial charge in [0.1, 0.15) is 5.15 Å². The number of nitrogens with one attached hydrogen (secondary N) is 1. The smallest absolute Gasteiger partial charge is 0.130 e. The fourth-order valence-electron chi connectivity index (χ4n) is 1.69. The van der Waals surface area contributed by atoms with E-state index in [1.165, 1.54) is 12.0 Å². The van der Waals surface area contributed by atoms with Crippen molar-refractivity contribution in [2.45, 2.75) is 39.2 Å². The summed E-state index contributed by atoms with van der Waals surface area (Å²) in [5.74, 6) is 0. The van der Waals surface area contributed by atoms with Gasteiger partial charge in [0.15, 0.2) is 0 Å². The Morgan fingerprint density at radius 3 is 2.67 bits per heavy atom. The van der Waals surface area contributed by atoms with E-state index in [4.69, 9.17) is 11.6 Å². The van der Waals surface area contributed by atoms with Gasteiger partial charge in [-0.3, -0.25) is 4.68 Å². The van der Waals surface area contributed by atoms with Crippen molar-refractivity contribution in [3.63, 3.8) is 0 Å². The average Bonchev–Trinajstić information content (AvgIpc) is 2.44. The molecule has 1 heterocycles. The minimum atomic E-state index is 0.570. The van der Waals surface area contributed by atoms with E-state index in [0.29, 0.717) is 6.04 Å². The Kier molecular flexibility index (Phi) is 4.61. The summed E-state index contributed by atoms with van der Waals surface area (Å²) in [7, 11) is 3.88. The molecule has 0 fully saturated rings. The first kappa shape index (κ1) is 12.5. The lowest BCUT2D eigenvalue weighted by Crippen LogP contribution is -2.20. The second-order valence-electron chi connectivity index (χ2n) is 4.06. The summed E-state index contributed by atoms with van der Waals surface area (Å²) in [6.45, 7) is 4.21. The highest BCUT2D eigenvalue weighted by molar-refractivity contribution is 6.30. The first-order valence-corrected chi connectivity index (χ1v) is 5.79. The van der Waals surface area contributed by atoms with Crippen molar-refractivity contribution in [3.05, 3.63) is 16.4 Å². The number of hydrogen-bond donors (Lipinski definition) is 1. The van der Waals surface area contributed by atoms with Crippen molar-refractivity contribution in [1.82, 2.24) is 15.1 Å². The van der Waals surface area contributed by atoms with Crippen LogP contribution in [-0.2, 0) is 13.5 Å². The van der Waals surface area contributed by atoms with Crippen LogP contribution in [0.1, 0.15) is 31.0 Å². The fraction of sp³-hybridized carbons (Fsp3) is 0.727. The number of rotatable bonds is 5. The van der Waals surface area contributed by atoms with Gasteiger partial charge in [0.2, 0.25) is 0 Å². The van der Waals surface area contributed by atoms with Crippen LogP contribution in [0.3, 0.4) is 0 Å². The topological polar surface area (TPSA) is 29.9 Å². The molecular weight excluding hydrogens is 210 g/mol. The lowest BCUT2D eigenvalue weighted by atomic mass is 10.1. The first-order valence-electron chi connectivity index (χ1n) is 5.41. The molecule has 4 heteroatoms. The van der Waals surface area contributed by atoms with Crippen molar-refractivity contribution >= 4 is 11.6 Å². The summed E-state index contributed by atoms with van der Waals surface area (Å²) in [6, 6.07) is 0.570. The van der Waals surface area contributed by atoms with Crippen molar-refractivity contribution in [3.8, 4) is 0 Å². The van der Waals surface area contributed by atoms with E-state index in [-0.39, 0.29) is 0 Å². The highest BCUT2D eigenvalue weighted by Gasteiger charge is 2.10. The lowest BCUT2D eigenvalue weighted by Gasteiger charge is -2.09. The molecule has 86 valence electrons. The third kappa shape index (κ3) is 3.21. The Balaban J connectivity index is 2.50. The van der Waals surface area contributed by atoms with Gasteiger partial charge in [-0.15, -0.1) is 0 Å². The second-order valence-corrected chi connectivity index (χ2v) is 4.42. The summed E-state index contributed by atoms with van der Waals surface area (Å²) in [5, 5.41) is 8.31. The van der Waals surface area contributed by atoms with Gasteiger partial charge < -0.3 is 5.32 Å². The molecule has 1 aromatic rings. The van der Waals surface area contributed by atoms with Gasteiger partial charge in [-0.05, 0) is 40.2 Å². The molecular formula is C11H20ClN3. The minimum Gasteiger partial charge on any atom is -0.317 e. The summed E-state index contributed by atoms with van der Waals surface area (Å²) >= 11 is 6.15. The van der Waals surface area contributed by atoms with Gasteiger partial charge >= 0.3 is 0 Å². The Hall–Kier alpha value is -0.540. The fourth-order valence-corrected chi connectivity index (χ4v) is 1.96. The number of aromatic nitrogens is 2. The van der Waals surface area contributed by atoms with Crippen LogP contribution in [0, 0.1) is 6.92 Å². The van der Waals surface area contributed by atoms with Gasteiger partial charge in [0.25, 0.3) is 0 Å². The predicted octanol–water partition coefficient (Wildman–Crippen LogP) is 2.31. The van der Waals surface area contributed by atoms with E-state index in [1.807, 2.05) is 21.0 Å².